The van der Waals surface area contributed by atoms with Gasteiger partial charge in [0.25, 0.3) is 5.92 Å². The SMILES string of the molecule is O=C(Nc1ccc(Cl)c(C2CC2(F)F)c1)C(Br)CCBr. The number of carbonyl (C=O) groups excluding carboxylic acids is 1. The number of hydrogen-bond donors (Lipinski definition) is 1. The Bertz CT molecular complexity index is 527. The largest absolute Gasteiger partial charge is 0.325 e. The second-order valence-electron chi connectivity index (χ2n) is 4.69. The Balaban J connectivity index is 2.10. The van der Waals surface area contributed by atoms with Crippen LogP contribution in [-0.2, 0) is 4.79 Å². The van der Waals surface area contributed by atoms with Crippen molar-refractivity contribution in [1.29, 1.82) is 0 Å². The van der Waals surface area contributed by atoms with Crippen molar-refractivity contribution in [3.05, 3.63) is 28.8 Å². The highest BCUT2D eigenvalue weighted by Gasteiger charge is 2.58. The van der Waals surface area contributed by atoms with Gasteiger partial charge in [0.05, 0.1) is 10.7 Å². The highest BCUT2D eigenvalue weighted by atomic mass is 79.9. The Morgan fingerprint density at radius 3 is 2.75 bits per heavy atom. The van der Waals surface area contributed by atoms with Crippen molar-refractivity contribution in [2.24, 2.45) is 0 Å². The van der Waals surface area contributed by atoms with Crippen molar-refractivity contribution in [3.8, 4) is 0 Å². The predicted molar refractivity (Wildman–Crippen MR) is 83.5 cm³/mol. The fraction of sp³-hybridized carbons (Fsp3) is 0.462. The van der Waals surface area contributed by atoms with E-state index in [-0.39, 0.29) is 17.2 Å². The predicted octanol–water partition coefficient (Wildman–Crippen LogP) is 4.95. The minimum Gasteiger partial charge on any atom is -0.325 e. The molecule has 20 heavy (non-hydrogen) atoms. The molecule has 1 saturated carbocycles. The second-order valence-corrected chi connectivity index (χ2v) is 6.99. The molecule has 2 unspecified atom stereocenters. The molecule has 7 heteroatoms. The van der Waals surface area contributed by atoms with E-state index in [0.29, 0.717) is 28.0 Å². The number of anilines is 1. The number of alkyl halides is 4. The second kappa shape index (κ2) is 6.28. The van der Waals surface area contributed by atoms with Gasteiger partial charge >= 0.3 is 0 Å². The van der Waals surface area contributed by atoms with Crippen molar-refractivity contribution in [3.63, 3.8) is 0 Å². The van der Waals surface area contributed by atoms with Gasteiger partial charge in [0.2, 0.25) is 5.91 Å². The van der Waals surface area contributed by atoms with Crippen LogP contribution in [0.25, 0.3) is 0 Å². The summed E-state index contributed by atoms with van der Waals surface area (Å²) >= 11 is 12.5. The summed E-state index contributed by atoms with van der Waals surface area (Å²) in [4.78, 5) is 11.5. The van der Waals surface area contributed by atoms with Gasteiger partial charge in [-0.15, -0.1) is 0 Å². The van der Waals surface area contributed by atoms with Crippen LogP contribution in [0, 0.1) is 0 Å². The van der Waals surface area contributed by atoms with Crippen molar-refractivity contribution in [1.82, 2.24) is 0 Å². The molecule has 1 amide bonds. The molecule has 0 saturated heterocycles. The highest BCUT2D eigenvalue weighted by molar-refractivity contribution is 9.10. The quantitative estimate of drug-likeness (QED) is 0.657. The maximum absolute atomic E-state index is 13.1. The molecule has 0 heterocycles. The first kappa shape index (κ1) is 16.2. The van der Waals surface area contributed by atoms with E-state index in [4.69, 9.17) is 11.6 Å². The molecule has 1 aliphatic rings. The van der Waals surface area contributed by atoms with Crippen molar-refractivity contribution in [2.45, 2.75) is 29.5 Å². The maximum atomic E-state index is 13.1. The van der Waals surface area contributed by atoms with E-state index in [2.05, 4.69) is 37.2 Å². The third-order valence-electron chi connectivity index (χ3n) is 3.11. The zero-order chi connectivity index (χ0) is 14.9. The number of carbonyl (C=O) groups is 1. The Hall–Kier alpha value is -0.200. The number of benzene rings is 1. The van der Waals surface area contributed by atoms with E-state index in [0.717, 1.165) is 0 Å². The lowest BCUT2D eigenvalue weighted by molar-refractivity contribution is -0.115. The molecule has 2 nitrogen and oxygen atoms in total. The van der Waals surface area contributed by atoms with E-state index in [1.165, 1.54) is 12.1 Å². The molecule has 1 aromatic rings. The normalized spacial score (nSPS) is 21.4. The fourth-order valence-electron chi connectivity index (χ4n) is 1.89. The fourth-order valence-corrected chi connectivity index (χ4v) is 3.55. The molecule has 0 radical (unpaired) electrons. The van der Waals surface area contributed by atoms with Crippen molar-refractivity contribution >= 4 is 55.1 Å². The molecule has 1 aromatic carbocycles. The molecule has 2 atom stereocenters. The van der Waals surface area contributed by atoms with Crippen LogP contribution in [-0.4, -0.2) is 22.0 Å². The molecule has 1 fully saturated rings. The van der Waals surface area contributed by atoms with Gasteiger partial charge in [-0.05, 0) is 30.2 Å². The summed E-state index contributed by atoms with van der Waals surface area (Å²) in [7, 11) is 0. The molecule has 1 aliphatic carbocycles. The van der Waals surface area contributed by atoms with Crippen LogP contribution in [0.1, 0.15) is 24.3 Å². The van der Waals surface area contributed by atoms with Gasteiger partial charge in [0, 0.05) is 22.5 Å². The Morgan fingerprint density at radius 1 is 1.55 bits per heavy atom. The molecule has 0 aliphatic heterocycles. The first-order valence-corrected chi connectivity index (χ1v) is 8.45. The first-order valence-electron chi connectivity index (χ1n) is 6.03. The van der Waals surface area contributed by atoms with Crippen molar-refractivity contribution < 1.29 is 13.6 Å². The number of hydrogen-bond acceptors (Lipinski definition) is 1. The maximum Gasteiger partial charge on any atom is 0.255 e. The van der Waals surface area contributed by atoms with E-state index in [1.807, 2.05) is 0 Å². The summed E-state index contributed by atoms with van der Waals surface area (Å²) in [5.41, 5.74) is 0.872. The van der Waals surface area contributed by atoms with Crippen LogP contribution in [0.5, 0.6) is 0 Å². The zero-order valence-electron chi connectivity index (χ0n) is 10.3. The monoisotopic (exact) mass is 429 g/mol. The summed E-state index contributed by atoms with van der Waals surface area (Å²) in [5, 5.41) is 3.69. The Labute approximate surface area is 137 Å². The molecule has 110 valence electrons. The lowest BCUT2D eigenvalue weighted by atomic mass is 10.1. The van der Waals surface area contributed by atoms with Crippen LogP contribution in [0.4, 0.5) is 14.5 Å². The molecule has 0 bridgehead atoms. The van der Waals surface area contributed by atoms with Gasteiger partial charge in [-0.2, -0.15) is 0 Å². The molecular weight excluding hydrogens is 419 g/mol. The lowest BCUT2D eigenvalue weighted by Crippen LogP contribution is -2.23. The average Bonchev–Trinajstić information content (AvgIpc) is 3.00. The molecule has 1 N–H and O–H groups in total. The van der Waals surface area contributed by atoms with Gasteiger partial charge in [-0.25, -0.2) is 8.78 Å². The van der Waals surface area contributed by atoms with E-state index in [9.17, 15) is 13.6 Å². The third kappa shape index (κ3) is 3.71. The smallest absolute Gasteiger partial charge is 0.255 e. The lowest BCUT2D eigenvalue weighted by Gasteiger charge is -2.11. The zero-order valence-corrected chi connectivity index (χ0v) is 14.2. The Kier molecular flexibility index (Phi) is 5.08. The summed E-state index contributed by atoms with van der Waals surface area (Å²) < 4.78 is 26.3. The molecular formula is C13H12Br2ClF2NO. The van der Waals surface area contributed by atoms with Gasteiger partial charge in [0.1, 0.15) is 0 Å². The number of halogens is 5. The highest BCUT2D eigenvalue weighted by Crippen LogP contribution is 2.57. The summed E-state index contributed by atoms with van der Waals surface area (Å²) in [5.74, 6) is -3.73. The van der Waals surface area contributed by atoms with Gasteiger partial charge in [-0.3, -0.25) is 4.79 Å². The molecule has 2 rings (SSSR count). The van der Waals surface area contributed by atoms with E-state index in [1.54, 1.807) is 6.07 Å². The minimum absolute atomic E-state index is 0.186. The summed E-state index contributed by atoms with van der Waals surface area (Å²) in [6.45, 7) is 0. The first-order chi connectivity index (χ1) is 9.35. The van der Waals surface area contributed by atoms with Crippen LogP contribution in [0.2, 0.25) is 5.02 Å². The Morgan fingerprint density at radius 2 is 2.20 bits per heavy atom. The number of amides is 1. The molecule has 0 aromatic heterocycles. The summed E-state index contributed by atoms with van der Waals surface area (Å²) in [6.07, 6.45) is 0.446. The third-order valence-corrected chi connectivity index (χ3v) is 4.79. The van der Waals surface area contributed by atoms with Crippen LogP contribution >= 0.6 is 43.5 Å². The van der Waals surface area contributed by atoms with E-state index < -0.39 is 11.8 Å². The van der Waals surface area contributed by atoms with Crippen LogP contribution in [0.15, 0.2) is 18.2 Å². The van der Waals surface area contributed by atoms with Gasteiger partial charge < -0.3 is 5.32 Å². The summed E-state index contributed by atoms with van der Waals surface area (Å²) in [6, 6.07) is 4.67. The number of rotatable bonds is 5. The van der Waals surface area contributed by atoms with Gasteiger partial charge in [-0.1, -0.05) is 43.5 Å². The topological polar surface area (TPSA) is 29.1 Å². The average molecular weight is 432 g/mol. The van der Waals surface area contributed by atoms with Crippen LogP contribution < -0.4 is 5.32 Å². The van der Waals surface area contributed by atoms with Crippen LogP contribution in [0.3, 0.4) is 0 Å². The standard InChI is InChI=1S/C13H12Br2ClF2NO/c14-4-3-10(15)12(20)19-7-1-2-11(16)8(5-7)9-6-13(9,17)18/h1-2,5,9-10H,3-4,6H2,(H,19,20). The minimum atomic E-state index is -2.68. The molecule has 0 spiro atoms. The van der Waals surface area contributed by atoms with Crippen molar-refractivity contribution in [2.75, 3.05) is 10.6 Å². The van der Waals surface area contributed by atoms with Gasteiger partial charge in [0.15, 0.2) is 0 Å². The number of nitrogens with one attached hydrogen (secondary N) is 1. The van der Waals surface area contributed by atoms with E-state index >= 15 is 0 Å².